The average molecular weight is 195 g/mol. The molecule has 0 spiro atoms. The van der Waals surface area contributed by atoms with Gasteiger partial charge in [0.2, 0.25) is 0 Å². The van der Waals surface area contributed by atoms with Crippen molar-refractivity contribution in [3.8, 4) is 0 Å². The number of hydrogen-bond acceptors (Lipinski definition) is 3. The van der Waals surface area contributed by atoms with Crippen molar-refractivity contribution in [2.24, 2.45) is 4.99 Å². The molecule has 1 aliphatic rings. The normalized spacial score (nSPS) is 13.9. The first-order chi connectivity index (χ1) is 6.07. The van der Waals surface area contributed by atoms with Gasteiger partial charge in [0, 0.05) is 6.26 Å². The molecule has 1 aromatic rings. The van der Waals surface area contributed by atoms with Gasteiger partial charge in [-0.05, 0) is 18.2 Å². The maximum atomic E-state index is 11.2. The van der Waals surface area contributed by atoms with E-state index in [9.17, 15) is 8.42 Å². The predicted molar refractivity (Wildman–Crippen MR) is 49.5 cm³/mol. The van der Waals surface area contributed by atoms with Crippen molar-refractivity contribution in [1.82, 2.24) is 5.32 Å². The van der Waals surface area contributed by atoms with E-state index in [0.717, 1.165) is 0 Å². The second kappa shape index (κ2) is 2.56. The lowest BCUT2D eigenvalue weighted by Gasteiger charge is -1.99. The molecule has 1 radical (unpaired) electrons. The Morgan fingerprint density at radius 3 is 2.69 bits per heavy atom. The second-order valence-corrected chi connectivity index (χ2v) is 4.81. The topological polar surface area (TPSA) is 60.6 Å². The minimum Gasteiger partial charge on any atom is -0.235 e. The Morgan fingerprint density at radius 2 is 2.00 bits per heavy atom. The minimum absolute atomic E-state index is 0.278. The highest BCUT2D eigenvalue weighted by Gasteiger charge is 2.12. The fourth-order valence-corrected chi connectivity index (χ4v) is 1.74. The standard InChI is InChI=1S/C8H7N2O2S/c1-13(11,12)6-2-3-7-8(4-6)10-5-9-7/h2-5H,1H3. The molecule has 1 aromatic carbocycles. The van der Waals surface area contributed by atoms with E-state index < -0.39 is 9.84 Å². The molecular weight excluding hydrogens is 188 g/mol. The molecule has 0 fully saturated rings. The van der Waals surface area contributed by atoms with Crippen LogP contribution in [0.3, 0.4) is 0 Å². The van der Waals surface area contributed by atoms with E-state index in [4.69, 9.17) is 0 Å². The Labute approximate surface area is 76.2 Å². The number of sulfone groups is 1. The summed E-state index contributed by atoms with van der Waals surface area (Å²) in [6.45, 7) is 0. The van der Waals surface area contributed by atoms with Crippen molar-refractivity contribution in [3.63, 3.8) is 0 Å². The molecule has 0 aromatic heterocycles. The van der Waals surface area contributed by atoms with Crippen LogP contribution in [0.5, 0.6) is 0 Å². The maximum absolute atomic E-state index is 11.2. The summed E-state index contributed by atoms with van der Waals surface area (Å²) >= 11 is 0. The van der Waals surface area contributed by atoms with Crippen molar-refractivity contribution in [2.45, 2.75) is 4.90 Å². The van der Waals surface area contributed by atoms with Crippen molar-refractivity contribution < 1.29 is 8.42 Å². The average Bonchev–Trinajstić information content (AvgIpc) is 2.47. The first-order valence-electron chi connectivity index (χ1n) is 3.65. The molecule has 1 heterocycles. The Balaban J connectivity index is 2.59. The van der Waals surface area contributed by atoms with E-state index in [-0.39, 0.29) is 4.90 Å². The second-order valence-electron chi connectivity index (χ2n) is 2.80. The van der Waals surface area contributed by atoms with Crippen molar-refractivity contribution >= 4 is 27.6 Å². The quantitative estimate of drug-likeness (QED) is 0.671. The zero-order valence-electron chi connectivity index (χ0n) is 6.93. The summed E-state index contributed by atoms with van der Waals surface area (Å²) in [6.07, 6.45) is 2.58. The van der Waals surface area contributed by atoms with E-state index in [0.29, 0.717) is 11.4 Å². The Morgan fingerprint density at radius 1 is 1.23 bits per heavy atom. The molecule has 2 rings (SSSR count). The first kappa shape index (κ1) is 8.25. The molecule has 0 saturated heterocycles. The van der Waals surface area contributed by atoms with Crippen LogP contribution < -0.4 is 5.32 Å². The van der Waals surface area contributed by atoms with E-state index in [2.05, 4.69) is 10.3 Å². The van der Waals surface area contributed by atoms with Gasteiger partial charge >= 0.3 is 0 Å². The first-order valence-corrected chi connectivity index (χ1v) is 5.54. The lowest BCUT2D eigenvalue weighted by Crippen LogP contribution is -1.96. The third-order valence-electron chi connectivity index (χ3n) is 1.77. The van der Waals surface area contributed by atoms with Crippen LogP contribution >= 0.6 is 0 Å². The third kappa shape index (κ3) is 1.42. The monoisotopic (exact) mass is 195 g/mol. The maximum Gasteiger partial charge on any atom is 0.175 e. The molecule has 13 heavy (non-hydrogen) atoms. The zero-order valence-corrected chi connectivity index (χ0v) is 7.75. The van der Waals surface area contributed by atoms with Crippen LogP contribution in [-0.4, -0.2) is 21.0 Å². The Bertz CT molecular complexity index is 477. The van der Waals surface area contributed by atoms with E-state index in [1.165, 1.54) is 24.7 Å². The molecule has 0 atom stereocenters. The van der Waals surface area contributed by atoms with E-state index in [1.54, 1.807) is 6.07 Å². The smallest absolute Gasteiger partial charge is 0.175 e. The SMILES string of the molecule is CS(=O)(=O)c1ccc2c(c1)N=C[N]2. The number of hydrogen-bond donors (Lipinski definition) is 0. The van der Waals surface area contributed by atoms with Crippen LogP contribution in [0, 0.1) is 0 Å². The van der Waals surface area contributed by atoms with Gasteiger partial charge in [-0.1, -0.05) is 0 Å². The number of rotatable bonds is 1. The summed E-state index contributed by atoms with van der Waals surface area (Å²) in [4.78, 5) is 4.20. The lowest BCUT2D eigenvalue weighted by atomic mass is 10.3. The van der Waals surface area contributed by atoms with Gasteiger partial charge in [0.15, 0.2) is 9.84 Å². The van der Waals surface area contributed by atoms with Gasteiger partial charge in [-0.15, -0.1) is 0 Å². The van der Waals surface area contributed by atoms with Gasteiger partial charge < -0.3 is 0 Å². The van der Waals surface area contributed by atoms with E-state index >= 15 is 0 Å². The minimum atomic E-state index is -3.14. The van der Waals surface area contributed by atoms with Crippen molar-refractivity contribution in [2.75, 3.05) is 6.26 Å². The summed E-state index contributed by atoms with van der Waals surface area (Å²) in [5, 5.41) is 3.94. The van der Waals surface area contributed by atoms with Gasteiger partial charge in [-0.25, -0.2) is 18.7 Å². The zero-order chi connectivity index (χ0) is 9.47. The highest BCUT2D eigenvalue weighted by Crippen LogP contribution is 2.30. The van der Waals surface area contributed by atoms with Gasteiger partial charge in [0.25, 0.3) is 0 Å². The molecule has 0 N–H and O–H groups in total. The molecule has 1 aliphatic heterocycles. The van der Waals surface area contributed by atoms with Crippen LogP contribution in [-0.2, 0) is 9.84 Å². The molecular formula is C8H7N2O2S. The van der Waals surface area contributed by atoms with Gasteiger partial charge in [0.1, 0.15) is 6.34 Å². The summed E-state index contributed by atoms with van der Waals surface area (Å²) in [5.74, 6) is 0. The summed E-state index contributed by atoms with van der Waals surface area (Å²) in [5.41, 5.74) is 1.33. The number of fused-ring (bicyclic) bond motifs is 1. The Kier molecular flexibility index (Phi) is 1.63. The van der Waals surface area contributed by atoms with Crippen LogP contribution in [0.2, 0.25) is 0 Å². The van der Waals surface area contributed by atoms with Crippen molar-refractivity contribution in [1.29, 1.82) is 0 Å². The Hall–Kier alpha value is -1.36. The molecule has 0 amide bonds. The van der Waals surface area contributed by atoms with Crippen molar-refractivity contribution in [3.05, 3.63) is 18.2 Å². The highest BCUT2D eigenvalue weighted by atomic mass is 32.2. The molecule has 0 unspecified atom stereocenters. The van der Waals surface area contributed by atoms with Crippen LogP contribution in [0.1, 0.15) is 0 Å². The van der Waals surface area contributed by atoms with Crippen LogP contribution in [0.4, 0.5) is 11.4 Å². The lowest BCUT2D eigenvalue weighted by molar-refractivity contribution is 0.602. The molecule has 4 nitrogen and oxygen atoms in total. The van der Waals surface area contributed by atoms with Crippen LogP contribution in [0.25, 0.3) is 0 Å². The molecule has 0 bridgehead atoms. The molecule has 67 valence electrons. The molecule has 0 saturated carbocycles. The summed E-state index contributed by atoms with van der Waals surface area (Å²) < 4.78 is 22.3. The molecule has 5 heteroatoms. The van der Waals surface area contributed by atoms with Gasteiger partial charge in [-0.3, -0.25) is 0 Å². The highest BCUT2D eigenvalue weighted by molar-refractivity contribution is 7.90. The molecule has 0 aliphatic carbocycles. The van der Waals surface area contributed by atoms with Gasteiger partial charge in [0.05, 0.1) is 16.3 Å². The number of nitrogens with zero attached hydrogens (tertiary/aromatic N) is 2. The number of benzene rings is 1. The number of aliphatic imine (C=N–C) groups is 1. The fraction of sp³-hybridized carbons (Fsp3) is 0.125. The fourth-order valence-electron chi connectivity index (χ4n) is 1.10. The third-order valence-corrected chi connectivity index (χ3v) is 2.88. The van der Waals surface area contributed by atoms with Crippen LogP contribution in [0.15, 0.2) is 28.1 Å². The summed E-state index contributed by atoms with van der Waals surface area (Å²) in [7, 11) is -3.14. The van der Waals surface area contributed by atoms with E-state index in [1.807, 2.05) is 0 Å². The largest absolute Gasteiger partial charge is 0.235 e. The predicted octanol–water partition coefficient (Wildman–Crippen LogP) is 0.999. The summed E-state index contributed by atoms with van der Waals surface area (Å²) in [6, 6.07) is 4.71. The van der Waals surface area contributed by atoms with Gasteiger partial charge in [-0.2, -0.15) is 0 Å².